The maximum absolute atomic E-state index is 6.28. The van der Waals surface area contributed by atoms with E-state index in [1.165, 1.54) is 18.4 Å². The molecule has 13 heavy (non-hydrogen) atoms. The molecule has 2 rings (SSSR count). The SMILES string of the molecule is ClC(CC1CC1)c1ccc(Br)cc1. The van der Waals surface area contributed by atoms with Gasteiger partial charge in [-0.15, -0.1) is 11.6 Å². The number of rotatable bonds is 3. The van der Waals surface area contributed by atoms with Crippen LogP contribution in [-0.4, -0.2) is 0 Å². The molecule has 1 unspecified atom stereocenters. The van der Waals surface area contributed by atoms with Gasteiger partial charge in [0.1, 0.15) is 0 Å². The maximum atomic E-state index is 6.28. The number of alkyl halides is 1. The van der Waals surface area contributed by atoms with Crippen molar-refractivity contribution in [3.63, 3.8) is 0 Å². The van der Waals surface area contributed by atoms with Gasteiger partial charge in [0.05, 0.1) is 5.38 Å². The molecule has 0 nitrogen and oxygen atoms in total. The molecule has 1 atom stereocenters. The summed E-state index contributed by atoms with van der Waals surface area (Å²) in [6.07, 6.45) is 3.89. The first-order valence-corrected chi connectivity index (χ1v) is 5.88. The summed E-state index contributed by atoms with van der Waals surface area (Å²) in [5.41, 5.74) is 1.25. The van der Waals surface area contributed by atoms with E-state index in [1.54, 1.807) is 0 Å². The van der Waals surface area contributed by atoms with E-state index in [1.807, 2.05) is 0 Å². The van der Waals surface area contributed by atoms with Crippen LogP contribution in [0.25, 0.3) is 0 Å². The van der Waals surface area contributed by atoms with Gasteiger partial charge in [-0.05, 0) is 30.0 Å². The van der Waals surface area contributed by atoms with Gasteiger partial charge in [-0.2, -0.15) is 0 Å². The predicted molar refractivity (Wildman–Crippen MR) is 60.1 cm³/mol. The summed E-state index contributed by atoms with van der Waals surface area (Å²) in [6.45, 7) is 0. The second-order valence-electron chi connectivity index (χ2n) is 3.70. The highest BCUT2D eigenvalue weighted by atomic mass is 79.9. The van der Waals surface area contributed by atoms with Crippen LogP contribution >= 0.6 is 27.5 Å². The van der Waals surface area contributed by atoms with Gasteiger partial charge in [0, 0.05) is 4.47 Å². The van der Waals surface area contributed by atoms with Crippen LogP contribution in [0.4, 0.5) is 0 Å². The number of benzene rings is 1. The number of halogens is 2. The van der Waals surface area contributed by atoms with Gasteiger partial charge in [0.15, 0.2) is 0 Å². The summed E-state index contributed by atoms with van der Waals surface area (Å²) < 4.78 is 1.12. The molecule has 2 heteroatoms. The minimum atomic E-state index is 0.209. The quantitative estimate of drug-likeness (QED) is 0.700. The Kier molecular flexibility index (Phi) is 2.95. The Balaban J connectivity index is 2.01. The zero-order valence-corrected chi connectivity index (χ0v) is 9.68. The van der Waals surface area contributed by atoms with E-state index >= 15 is 0 Å². The number of hydrogen-bond acceptors (Lipinski definition) is 0. The smallest absolute Gasteiger partial charge is 0.0587 e. The van der Waals surface area contributed by atoms with Crippen molar-refractivity contribution in [2.45, 2.75) is 24.6 Å². The van der Waals surface area contributed by atoms with Crippen molar-refractivity contribution in [3.05, 3.63) is 34.3 Å². The van der Waals surface area contributed by atoms with Gasteiger partial charge < -0.3 is 0 Å². The molecule has 1 saturated carbocycles. The fraction of sp³-hybridized carbons (Fsp3) is 0.455. The van der Waals surface area contributed by atoms with Crippen molar-refractivity contribution < 1.29 is 0 Å². The van der Waals surface area contributed by atoms with Gasteiger partial charge in [0.2, 0.25) is 0 Å². The molecule has 1 fully saturated rings. The summed E-state index contributed by atoms with van der Waals surface area (Å²) in [5, 5.41) is 0.209. The average Bonchev–Trinajstić information content (AvgIpc) is 2.89. The van der Waals surface area contributed by atoms with Crippen molar-refractivity contribution in [2.75, 3.05) is 0 Å². The minimum absolute atomic E-state index is 0.209. The summed E-state index contributed by atoms with van der Waals surface area (Å²) in [6, 6.07) is 8.31. The van der Waals surface area contributed by atoms with Crippen molar-refractivity contribution in [2.24, 2.45) is 5.92 Å². The van der Waals surface area contributed by atoms with Crippen LogP contribution in [0.1, 0.15) is 30.2 Å². The van der Waals surface area contributed by atoms with Gasteiger partial charge in [-0.3, -0.25) is 0 Å². The van der Waals surface area contributed by atoms with Crippen molar-refractivity contribution >= 4 is 27.5 Å². The lowest BCUT2D eigenvalue weighted by Gasteiger charge is -2.08. The molecular formula is C11H12BrCl. The molecule has 70 valence electrons. The van der Waals surface area contributed by atoms with E-state index in [-0.39, 0.29) is 5.38 Å². The second-order valence-corrected chi connectivity index (χ2v) is 5.14. The van der Waals surface area contributed by atoms with Gasteiger partial charge in [-0.25, -0.2) is 0 Å². The topological polar surface area (TPSA) is 0 Å². The van der Waals surface area contributed by atoms with Crippen LogP contribution in [0.2, 0.25) is 0 Å². The van der Waals surface area contributed by atoms with Gasteiger partial charge >= 0.3 is 0 Å². The minimum Gasteiger partial charge on any atom is -0.118 e. The molecule has 1 aromatic rings. The van der Waals surface area contributed by atoms with E-state index in [4.69, 9.17) is 11.6 Å². The Morgan fingerprint density at radius 3 is 2.46 bits per heavy atom. The standard InChI is InChI=1S/C11H12BrCl/c12-10-5-3-9(4-6-10)11(13)7-8-1-2-8/h3-6,8,11H,1-2,7H2. The molecule has 0 bridgehead atoms. The first-order chi connectivity index (χ1) is 6.25. The lowest BCUT2D eigenvalue weighted by molar-refractivity contribution is 0.706. The molecule has 0 saturated heterocycles. The zero-order chi connectivity index (χ0) is 9.26. The summed E-state index contributed by atoms with van der Waals surface area (Å²) >= 11 is 9.69. The Bertz CT molecular complexity index is 277. The van der Waals surface area contributed by atoms with Crippen molar-refractivity contribution in [3.8, 4) is 0 Å². The largest absolute Gasteiger partial charge is 0.118 e. The van der Waals surface area contributed by atoms with Crippen LogP contribution in [-0.2, 0) is 0 Å². The highest BCUT2D eigenvalue weighted by Crippen LogP contribution is 2.40. The van der Waals surface area contributed by atoms with Gasteiger partial charge in [0.25, 0.3) is 0 Å². The van der Waals surface area contributed by atoms with E-state index in [9.17, 15) is 0 Å². The molecule has 0 radical (unpaired) electrons. The first-order valence-electron chi connectivity index (χ1n) is 4.65. The molecule has 0 spiro atoms. The monoisotopic (exact) mass is 258 g/mol. The predicted octanol–water partition coefficient (Wildman–Crippen LogP) is 4.53. The third-order valence-electron chi connectivity index (χ3n) is 2.47. The van der Waals surface area contributed by atoms with Crippen LogP contribution in [0.5, 0.6) is 0 Å². The normalized spacial score (nSPS) is 18.6. The van der Waals surface area contributed by atoms with Crippen molar-refractivity contribution in [1.82, 2.24) is 0 Å². The molecular weight excluding hydrogens is 247 g/mol. The molecule has 0 heterocycles. The maximum Gasteiger partial charge on any atom is 0.0587 e. The van der Waals surface area contributed by atoms with E-state index in [0.29, 0.717) is 0 Å². The van der Waals surface area contributed by atoms with Crippen LogP contribution < -0.4 is 0 Å². The molecule has 0 N–H and O–H groups in total. The highest BCUT2D eigenvalue weighted by molar-refractivity contribution is 9.10. The van der Waals surface area contributed by atoms with E-state index in [2.05, 4.69) is 40.2 Å². The molecule has 1 aliphatic rings. The van der Waals surface area contributed by atoms with Crippen LogP contribution in [0.15, 0.2) is 28.7 Å². The molecule has 1 aliphatic carbocycles. The van der Waals surface area contributed by atoms with Crippen LogP contribution in [0.3, 0.4) is 0 Å². The average molecular weight is 260 g/mol. The lowest BCUT2D eigenvalue weighted by atomic mass is 10.1. The van der Waals surface area contributed by atoms with E-state index < -0.39 is 0 Å². The molecule has 0 amide bonds. The summed E-state index contributed by atoms with van der Waals surface area (Å²) in [5.74, 6) is 0.895. The Morgan fingerprint density at radius 1 is 1.31 bits per heavy atom. The second kappa shape index (κ2) is 4.02. The van der Waals surface area contributed by atoms with E-state index in [0.717, 1.165) is 16.8 Å². The number of hydrogen-bond donors (Lipinski definition) is 0. The first kappa shape index (κ1) is 9.54. The zero-order valence-electron chi connectivity index (χ0n) is 7.34. The molecule has 0 aromatic heterocycles. The molecule has 0 aliphatic heterocycles. The molecule has 1 aromatic carbocycles. The Morgan fingerprint density at radius 2 is 1.92 bits per heavy atom. The third kappa shape index (κ3) is 2.72. The Hall–Kier alpha value is -0.0100. The highest BCUT2D eigenvalue weighted by Gasteiger charge is 2.24. The summed E-state index contributed by atoms with van der Waals surface area (Å²) in [4.78, 5) is 0. The van der Waals surface area contributed by atoms with Crippen LogP contribution in [0, 0.1) is 5.92 Å². The fourth-order valence-electron chi connectivity index (χ4n) is 1.45. The van der Waals surface area contributed by atoms with Crippen molar-refractivity contribution in [1.29, 1.82) is 0 Å². The van der Waals surface area contributed by atoms with Gasteiger partial charge in [-0.1, -0.05) is 40.9 Å². The third-order valence-corrected chi connectivity index (χ3v) is 3.43. The summed E-state index contributed by atoms with van der Waals surface area (Å²) in [7, 11) is 0. The lowest BCUT2D eigenvalue weighted by Crippen LogP contribution is -1.91. The fourth-order valence-corrected chi connectivity index (χ4v) is 2.12. The Labute approximate surface area is 92.4 Å².